The van der Waals surface area contributed by atoms with E-state index in [1.54, 1.807) is 24.5 Å². The van der Waals surface area contributed by atoms with Crippen molar-refractivity contribution in [2.75, 3.05) is 7.11 Å². The first-order valence-corrected chi connectivity index (χ1v) is 8.21. The van der Waals surface area contributed by atoms with Crippen LogP contribution in [0.4, 0.5) is 0 Å². The van der Waals surface area contributed by atoms with Crippen molar-refractivity contribution in [3.8, 4) is 0 Å². The average molecular weight is 345 g/mol. The number of carbonyl (C=O) groups is 1. The summed E-state index contributed by atoms with van der Waals surface area (Å²) in [7, 11) is 1.49. The summed E-state index contributed by atoms with van der Waals surface area (Å²) < 4.78 is 0. The summed E-state index contributed by atoms with van der Waals surface area (Å²) >= 11 is 0. The molecule has 0 radical (unpaired) electrons. The lowest BCUT2D eigenvalue weighted by Crippen LogP contribution is -2.29. The zero-order chi connectivity index (χ0) is 18.2. The molecule has 3 aromatic rings. The molecule has 0 spiro atoms. The van der Waals surface area contributed by atoms with Crippen LogP contribution in [-0.4, -0.2) is 24.2 Å². The lowest BCUT2D eigenvalue weighted by atomic mass is 10.0. The highest BCUT2D eigenvalue weighted by molar-refractivity contribution is 5.95. The summed E-state index contributed by atoms with van der Waals surface area (Å²) in [6, 6.07) is 22.3. The summed E-state index contributed by atoms with van der Waals surface area (Å²) in [5.41, 5.74) is 3.18. The van der Waals surface area contributed by atoms with E-state index in [-0.39, 0.29) is 11.9 Å². The van der Waals surface area contributed by atoms with Crippen molar-refractivity contribution >= 4 is 12.1 Å². The van der Waals surface area contributed by atoms with E-state index >= 15 is 0 Å². The van der Waals surface area contributed by atoms with Crippen molar-refractivity contribution in [3.63, 3.8) is 0 Å². The predicted molar refractivity (Wildman–Crippen MR) is 101 cm³/mol. The van der Waals surface area contributed by atoms with Crippen molar-refractivity contribution in [2.45, 2.75) is 6.04 Å². The molecule has 1 heterocycles. The zero-order valence-electron chi connectivity index (χ0n) is 14.4. The molecule has 0 aliphatic carbocycles. The molecule has 1 amide bonds. The molecule has 5 nitrogen and oxygen atoms in total. The van der Waals surface area contributed by atoms with Gasteiger partial charge in [-0.05, 0) is 35.4 Å². The topological polar surface area (TPSA) is 63.6 Å². The van der Waals surface area contributed by atoms with Gasteiger partial charge in [0.15, 0.2) is 0 Å². The molecule has 26 heavy (non-hydrogen) atoms. The predicted octanol–water partition coefficient (Wildman–Crippen LogP) is 3.58. The summed E-state index contributed by atoms with van der Waals surface area (Å²) in [4.78, 5) is 21.8. The van der Waals surface area contributed by atoms with Crippen LogP contribution in [0.15, 0.2) is 84.1 Å². The molecular formula is C21H19N3O2. The molecule has 5 heteroatoms. The SMILES string of the molecule is CO/N=C/c1ccc(C(=O)NC(c2ccccc2)c2ccccn2)cc1. The van der Waals surface area contributed by atoms with Gasteiger partial charge in [-0.15, -0.1) is 0 Å². The van der Waals surface area contributed by atoms with E-state index in [0.29, 0.717) is 5.56 Å². The van der Waals surface area contributed by atoms with Crippen LogP contribution in [0.3, 0.4) is 0 Å². The number of carbonyl (C=O) groups excluding carboxylic acids is 1. The van der Waals surface area contributed by atoms with Crippen LogP contribution in [0, 0.1) is 0 Å². The molecule has 1 unspecified atom stereocenters. The monoisotopic (exact) mass is 345 g/mol. The molecule has 3 rings (SSSR count). The van der Waals surface area contributed by atoms with E-state index in [2.05, 4.69) is 20.3 Å². The quantitative estimate of drug-likeness (QED) is 0.549. The Hall–Kier alpha value is -3.47. The molecule has 0 aliphatic rings. The largest absolute Gasteiger partial charge is 0.399 e. The van der Waals surface area contributed by atoms with E-state index in [1.165, 1.54) is 7.11 Å². The first kappa shape index (κ1) is 17.4. The fourth-order valence-electron chi connectivity index (χ4n) is 2.57. The van der Waals surface area contributed by atoms with Gasteiger partial charge in [0.1, 0.15) is 7.11 Å². The molecular weight excluding hydrogens is 326 g/mol. The van der Waals surface area contributed by atoms with Gasteiger partial charge in [0.25, 0.3) is 5.91 Å². The van der Waals surface area contributed by atoms with Gasteiger partial charge in [0.05, 0.1) is 18.0 Å². The van der Waals surface area contributed by atoms with Crippen molar-refractivity contribution in [1.29, 1.82) is 0 Å². The summed E-state index contributed by atoms with van der Waals surface area (Å²) in [5.74, 6) is -0.167. The van der Waals surface area contributed by atoms with Crippen molar-refractivity contribution in [3.05, 3.63) is 101 Å². The molecule has 1 atom stereocenters. The van der Waals surface area contributed by atoms with Gasteiger partial charge < -0.3 is 10.2 Å². The maximum Gasteiger partial charge on any atom is 0.252 e. The lowest BCUT2D eigenvalue weighted by Gasteiger charge is -2.19. The fourth-order valence-corrected chi connectivity index (χ4v) is 2.57. The van der Waals surface area contributed by atoms with Gasteiger partial charge >= 0.3 is 0 Å². The minimum atomic E-state index is -0.320. The maximum absolute atomic E-state index is 12.7. The van der Waals surface area contributed by atoms with Crippen LogP contribution in [0.2, 0.25) is 0 Å². The maximum atomic E-state index is 12.7. The van der Waals surface area contributed by atoms with E-state index in [1.807, 2.05) is 60.7 Å². The fraction of sp³-hybridized carbons (Fsp3) is 0.0952. The number of benzene rings is 2. The second kappa shape index (κ2) is 8.58. The molecule has 0 bridgehead atoms. The number of nitrogens with one attached hydrogen (secondary N) is 1. The first-order chi connectivity index (χ1) is 12.8. The molecule has 0 saturated heterocycles. The number of pyridine rings is 1. The number of hydrogen-bond acceptors (Lipinski definition) is 4. The second-order valence-corrected chi connectivity index (χ2v) is 5.61. The second-order valence-electron chi connectivity index (χ2n) is 5.61. The van der Waals surface area contributed by atoms with E-state index in [4.69, 9.17) is 0 Å². The smallest absolute Gasteiger partial charge is 0.252 e. The van der Waals surface area contributed by atoms with Gasteiger partial charge in [-0.2, -0.15) is 0 Å². The Morgan fingerprint density at radius 1 is 1.04 bits per heavy atom. The van der Waals surface area contributed by atoms with E-state index < -0.39 is 0 Å². The number of hydrogen-bond donors (Lipinski definition) is 1. The van der Waals surface area contributed by atoms with Crippen LogP contribution in [0.5, 0.6) is 0 Å². The third-order valence-corrected chi connectivity index (χ3v) is 3.87. The zero-order valence-corrected chi connectivity index (χ0v) is 14.4. The summed E-state index contributed by atoms with van der Waals surface area (Å²) in [5, 5.41) is 6.78. The Labute approximate surface area is 152 Å². The van der Waals surface area contributed by atoms with Gasteiger partial charge in [0, 0.05) is 11.8 Å². The number of amides is 1. The molecule has 1 N–H and O–H groups in total. The van der Waals surface area contributed by atoms with E-state index in [9.17, 15) is 4.79 Å². The van der Waals surface area contributed by atoms with Crippen LogP contribution in [-0.2, 0) is 4.84 Å². The van der Waals surface area contributed by atoms with Gasteiger partial charge in [-0.1, -0.05) is 53.7 Å². The molecule has 2 aromatic carbocycles. The molecule has 130 valence electrons. The Morgan fingerprint density at radius 2 is 1.77 bits per heavy atom. The molecule has 0 saturated carbocycles. The van der Waals surface area contributed by atoms with Crippen molar-refractivity contribution < 1.29 is 9.63 Å². The lowest BCUT2D eigenvalue weighted by molar-refractivity contribution is 0.0942. The number of aromatic nitrogens is 1. The standard InChI is InChI=1S/C21H19N3O2/c1-26-23-15-16-10-12-18(13-11-16)21(25)24-20(17-7-3-2-4-8-17)19-9-5-6-14-22-19/h2-15,20H,1H3,(H,24,25)/b23-15+. The molecule has 0 aliphatic heterocycles. The van der Waals surface area contributed by atoms with E-state index in [0.717, 1.165) is 16.8 Å². The Kier molecular flexibility index (Phi) is 5.72. The Bertz CT molecular complexity index is 823. The highest BCUT2D eigenvalue weighted by atomic mass is 16.6. The van der Waals surface area contributed by atoms with Gasteiger partial charge in [0.2, 0.25) is 0 Å². The highest BCUT2D eigenvalue weighted by Crippen LogP contribution is 2.20. The summed E-state index contributed by atoms with van der Waals surface area (Å²) in [6.07, 6.45) is 3.31. The van der Waals surface area contributed by atoms with Crippen LogP contribution in [0.25, 0.3) is 0 Å². The minimum absolute atomic E-state index is 0.167. The number of oxime groups is 1. The molecule has 1 aromatic heterocycles. The van der Waals surface area contributed by atoms with Crippen molar-refractivity contribution in [2.24, 2.45) is 5.16 Å². The average Bonchev–Trinajstić information content (AvgIpc) is 2.72. The summed E-state index contributed by atoms with van der Waals surface area (Å²) in [6.45, 7) is 0. The first-order valence-electron chi connectivity index (χ1n) is 8.21. The minimum Gasteiger partial charge on any atom is -0.399 e. The van der Waals surface area contributed by atoms with Crippen LogP contribution >= 0.6 is 0 Å². The van der Waals surface area contributed by atoms with Crippen molar-refractivity contribution in [1.82, 2.24) is 10.3 Å². The Balaban J connectivity index is 1.83. The van der Waals surface area contributed by atoms with Crippen LogP contribution < -0.4 is 5.32 Å². The number of rotatable bonds is 6. The normalized spacial score (nSPS) is 11.9. The van der Waals surface area contributed by atoms with Gasteiger partial charge in [-0.25, -0.2) is 0 Å². The van der Waals surface area contributed by atoms with Gasteiger partial charge in [-0.3, -0.25) is 9.78 Å². The third kappa shape index (κ3) is 4.33. The Morgan fingerprint density at radius 3 is 2.42 bits per heavy atom. The number of nitrogens with zero attached hydrogens (tertiary/aromatic N) is 2. The molecule has 0 fully saturated rings. The third-order valence-electron chi connectivity index (χ3n) is 3.87. The highest BCUT2D eigenvalue weighted by Gasteiger charge is 2.18. The van der Waals surface area contributed by atoms with Crippen LogP contribution in [0.1, 0.15) is 33.2 Å².